The van der Waals surface area contributed by atoms with Gasteiger partial charge in [-0.3, -0.25) is 0 Å². The van der Waals surface area contributed by atoms with E-state index in [2.05, 4.69) is 11.8 Å². The van der Waals surface area contributed by atoms with Gasteiger partial charge in [-0.15, -0.1) is 0 Å². The van der Waals surface area contributed by atoms with E-state index in [1.165, 1.54) is 0 Å². The molecule has 0 aliphatic carbocycles. The van der Waals surface area contributed by atoms with Crippen LogP contribution in [-0.4, -0.2) is 17.8 Å². The van der Waals surface area contributed by atoms with E-state index in [1.54, 1.807) is 0 Å². The summed E-state index contributed by atoms with van der Waals surface area (Å²) in [4.78, 5) is 0. The Morgan fingerprint density at radius 3 is 2.87 bits per heavy atom. The lowest BCUT2D eigenvalue weighted by molar-refractivity contribution is 0.0657. The van der Waals surface area contributed by atoms with Crippen molar-refractivity contribution >= 4 is 0 Å². The van der Waals surface area contributed by atoms with Gasteiger partial charge in [-0.2, -0.15) is 0 Å². The zero-order chi connectivity index (χ0) is 11.1. The van der Waals surface area contributed by atoms with Gasteiger partial charge in [0.05, 0.1) is 12.7 Å². The maximum Gasteiger partial charge on any atom is 0.104 e. The smallest absolute Gasteiger partial charge is 0.104 e. The van der Waals surface area contributed by atoms with Gasteiger partial charge in [0.2, 0.25) is 0 Å². The third-order valence-electron chi connectivity index (χ3n) is 1.82. The minimum atomic E-state index is -0.104. The van der Waals surface area contributed by atoms with Crippen LogP contribution in [0.15, 0.2) is 24.3 Å². The molecule has 0 saturated carbocycles. The van der Waals surface area contributed by atoms with E-state index in [-0.39, 0.29) is 12.7 Å². The third kappa shape index (κ3) is 4.64. The van der Waals surface area contributed by atoms with Crippen molar-refractivity contribution in [3.05, 3.63) is 35.4 Å². The number of aliphatic hydroxyl groups excluding tert-OH is 1. The first kappa shape index (κ1) is 11.8. The van der Waals surface area contributed by atoms with Crippen LogP contribution in [0.3, 0.4) is 0 Å². The van der Waals surface area contributed by atoms with E-state index in [1.807, 2.05) is 38.1 Å². The van der Waals surface area contributed by atoms with E-state index in [0.717, 1.165) is 11.1 Å². The predicted molar refractivity (Wildman–Crippen MR) is 60.3 cm³/mol. The maximum atomic E-state index is 8.57. The first-order valence-electron chi connectivity index (χ1n) is 5.02. The zero-order valence-electron chi connectivity index (χ0n) is 9.16. The molecule has 1 rings (SSSR count). The van der Waals surface area contributed by atoms with Crippen molar-refractivity contribution in [2.45, 2.75) is 26.6 Å². The Kier molecular flexibility index (Phi) is 4.89. The summed E-state index contributed by atoms with van der Waals surface area (Å²) in [6.07, 6.45) is 0.234. The average Bonchev–Trinajstić information content (AvgIpc) is 2.24. The fraction of sp³-hybridized carbons (Fsp3) is 0.385. The summed E-state index contributed by atoms with van der Waals surface area (Å²) in [5.41, 5.74) is 2.02. The highest BCUT2D eigenvalue weighted by atomic mass is 16.5. The van der Waals surface area contributed by atoms with E-state index in [0.29, 0.717) is 6.61 Å². The minimum absolute atomic E-state index is 0.104. The van der Waals surface area contributed by atoms with Crippen molar-refractivity contribution in [2.75, 3.05) is 6.61 Å². The summed E-state index contributed by atoms with van der Waals surface area (Å²) < 4.78 is 5.49. The Balaban J connectivity index is 2.65. The van der Waals surface area contributed by atoms with Crippen molar-refractivity contribution in [3.8, 4) is 11.8 Å². The Labute approximate surface area is 90.9 Å². The molecule has 80 valence electrons. The maximum absolute atomic E-state index is 8.57. The fourth-order valence-corrected chi connectivity index (χ4v) is 1.14. The van der Waals surface area contributed by atoms with Crippen molar-refractivity contribution in [1.82, 2.24) is 0 Å². The standard InChI is InChI=1S/C13H16O2/c1-11(2)15-10-13-6-3-5-12(9-13)7-4-8-14/h3,5-6,9,11,14H,8,10H2,1-2H3. The van der Waals surface area contributed by atoms with Crippen LogP contribution in [0.1, 0.15) is 25.0 Å². The zero-order valence-corrected chi connectivity index (χ0v) is 9.16. The molecule has 1 aromatic rings. The van der Waals surface area contributed by atoms with Gasteiger partial charge in [0, 0.05) is 5.56 Å². The molecule has 15 heavy (non-hydrogen) atoms. The van der Waals surface area contributed by atoms with E-state index >= 15 is 0 Å². The number of rotatable bonds is 3. The van der Waals surface area contributed by atoms with Crippen LogP contribution in [0, 0.1) is 11.8 Å². The molecule has 0 saturated heterocycles. The molecule has 0 radical (unpaired) electrons. The number of hydrogen-bond acceptors (Lipinski definition) is 2. The molecule has 2 nitrogen and oxygen atoms in total. The highest BCUT2D eigenvalue weighted by molar-refractivity contribution is 5.36. The lowest BCUT2D eigenvalue weighted by Crippen LogP contribution is -2.02. The highest BCUT2D eigenvalue weighted by Gasteiger charge is 1.96. The summed E-state index contributed by atoms with van der Waals surface area (Å²) in [5, 5.41) is 8.57. The van der Waals surface area contributed by atoms with Crippen molar-refractivity contribution in [3.63, 3.8) is 0 Å². The molecule has 0 fully saturated rings. The summed E-state index contributed by atoms with van der Waals surface area (Å²) in [6.45, 7) is 4.52. The molecule has 0 unspecified atom stereocenters. The number of hydrogen-bond donors (Lipinski definition) is 1. The first-order valence-corrected chi connectivity index (χ1v) is 5.02. The van der Waals surface area contributed by atoms with E-state index in [9.17, 15) is 0 Å². The Bertz CT molecular complexity index is 358. The van der Waals surface area contributed by atoms with Crippen molar-refractivity contribution in [2.24, 2.45) is 0 Å². The Morgan fingerprint density at radius 2 is 2.20 bits per heavy atom. The molecule has 0 aliphatic heterocycles. The van der Waals surface area contributed by atoms with Gasteiger partial charge in [0.15, 0.2) is 0 Å². The molecule has 0 spiro atoms. The lowest BCUT2D eigenvalue weighted by Gasteiger charge is -2.07. The second-order valence-corrected chi connectivity index (χ2v) is 3.52. The topological polar surface area (TPSA) is 29.5 Å². The van der Waals surface area contributed by atoms with Crippen LogP contribution >= 0.6 is 0 Å². The fourth-order valence-electron chi connectivity index (χ4n) is 1.14. The van der Waals surface area contributed by atoms with Crippen LogP contribution in [0.25, 0.3) is 0 Å². The molecule has 1 N–H and O–H groups in total. The van der Waals surface area contributed by atoms with Crippen LogP contribution in [0.4, 0.5) is 0 Å². The average molecular weight is 204 g/mol. The summed E-state index contributed by atoms with van der Waals surface area (Å²) in [5.74, 6) is 5.49. The Hall–Kier alpha value is -1.30. The third-order valence-corrected chi connectivity index (χ3v) is 1.82. The van der Waals surface area contributed by atoms with Gasteiger partial charge in [0.25, 0.3) is 0 Å². The number of ether oxygens (including phenoxy) is 1. The largest absolute Gasteiger partial charge is 0.384 e. The minimum Gasteiger partial charge on any atom is -0.384 e. The molecule has 0 aliphatic rings. The molecule has 0 bridgehead atoms. The van der Waals surface area contributed by atoms with Gasteiger partial charge < -0.3 is 9.84 Å². The summed E-state index contributed by atoms with van der Waals surface area (Å²) >= 11 is 0. The predicted octanol–water partition coefficient (Wildman–Crippen LogP) is 1.96. The summed E-state index contributed by atoms with van der Waals surface area (Å²) in [6, 6.07) is 7.85. The molecule has 0 aromatic heterocycles. The lowest BCUT2D eigenvalue weighted by atomic mass is 10.1. The Morgan fingerprint density at radius 1 is 1.40 bits per heavy atom. The molecule has 0 atom stereocenters. The number of aliphatic hydroxyl groups is 1. The molecular weight excluding hydrogens is 188 g/mol. The van der Waals surface area contributed by atoms with Gasteiger partial charge in [-0.25, -0.2) is 0 Å². The highest BCUT2D eigenvalue weighted by Crippen LogP contribution is 2.06. The SMILES string of the molecule is CC(C)OCc1cccc(C#CCO)c1. The van der Waals surface area contributed by atoms with Gasteiger partial charge >= 0.3 is 0 Å². The molecular formula is C13H16O2. The monoisotopic (exact) mass is 204 g/mol. The van der Waals surface area contributed by atoms with Crippen LogP contribution in [0.2, 0.25) is 0 Å². The van der Waals surface area contributed by atoms with E-state index < -0.39 is 0 Å². The molecule has 1 aromatic carbocycles. The van der Waals surface area contributed by atoms with Crippen molar-refractivity contribution in [1.29, 1.82) is 0 Å². The number of benzene rings is 1. The summed E-state index contributed by atoms with van der Waals surface area (Å²) in [7, 11) is 0. The normalized spacial score (nSPS) is 9.87. The van der Waals surface area contributed by atoms with Crippen LogP contribution in [-0.2, 0) is 11.3 Å². The van der Waals surface area contributed by atoms with Gasteiger partial charge in [-0.05, 0) is 31.5 Å². The second kappa shape index (κ2) is 6.23. The first-order chi connectivity index (χ1) is 7.22. The molecule has 2 heteroatoms. The van der Waals surface area contributed by atoms with E-state index in [4.69, 9.17) is 9.84 Å². The van der Waals surface area contributed by atoms with Crippen LogP contribution < -0.4 is 0 Å². The quantitative estimate of drug-likeness (QED) is 0.763. The molecule has 0 heterocycles. The van der Waals surface area contributed by atoms with Gasteiger partial charge in [0.1, 0.15) is 6.61 Å². The van der Waals surface area contributed by atoms with Crippen molar-refractivity contribution < 1.29 is 9.84 Å². The second-order valence-electron chi connectivity index (χ2n) is 3.52. The van der Waals surface area contributed by atoms with Gasteiger partial charge in [-0.1, -0.05) is 24.0 Å². The van der Waals surface area contributed by atoms with Crippen LogP contribution in [0.5, 0.6) is 0 Å². The molecule has 0 amide bonds.